The lowest BCUT2D eigenvalue weighted by atomic mass is 9.81. The number of nitrogens with zero attached hydrogens (tertiary/aromatic N) is 1. The summed E-state index contributed by atoms with van der Waals surface area (Å²) in [5.41, 5.74) is 18.9. The molecule has 0 amide bonds. The first-order valence-electron chi connectivity index (χ1n) is 19.2. The van der Waals surface area contributed by atoms with Gasteiger partial charge in [-0.2, -0.15) is 0 Å². The SMILES string of the molecule is Cc1cc(C)c2c(c1)C(C)(C)c1ccc(-c3cccc(N(c4ccc(-c5ccc6c(c5)sc5ccccc56)cc4)c4cccc(-c5ccccc5)c4)c3)cc1-2. The molecule has 10 rings (SSSR count). The fraction of sp³-hybridized carbons (Fsp3) is 0.0943. The van der Waals surface area contributed by atoms with E-state index in [-0.39, 0.29) is 5.41 Å². The maximum absolute atomic E-state index is 2.42. The highest BCUT2D eigenvalue weighted by molar-refractivity contribution is 7.25. The van der Waals surface area contributed by atoms with E-state index in [0.717, 1.165) is 17.1 Å². The molecule has 0 spiro atoms. The van der Waals surface area contributed by atoms with Crippen molar-refractivity contribution in [3.63, 3.8) is 0 Å². The molecule has 2 heteroatoms. The van der Waals surface area contributed by atoms with Crippen molar-refractivity contribution in [1.82, 2.24) is 0 Å². The second-order valence-electron chi connectivity index (χ2n) is 15.5. The summed E-state index contributed by atoms with van der Waals surface area (Å²) in [6.45, 7) is 9.21. The highest BCUT2D eigenvalue weighted by Gasteiger charge is 2.36. The van der Waals surface area contributed by atoms with Crippen LogP contribution in [0.4, 0.5) is 17.1 Å². The molecule has 0 bridgehead atoms. The van der Waals surface area contributed by atoms with Crippen LogP contribution >= 0.6 is 11.3 Å². The molecule has 0 aliphatic heterocycles. The average Bonchev–Trinajstić information content (AvgIpc) is 3.70. The molecule has 1 aliphatic carbocycles. The Kier molecular flexibility index (Phi) is 7.87. The first-order valence-corrected chi connectivity index (χ1v) is 20.0. The second-order valence-corrected chi connectivity index (χ2v) is 16.6. The molecule has 0 unspecified atom stereocenters. The number of hydrogen-bond donors (Lipinski definition) is 0. The Bertz CT molecular complexity index is 2910. The molecule has 55 heavy (non-hydrogen) atoms. The van der Waals surface area contributed by atoms with Gasteiger partial charge in [0.1, 0.15) is 0 Å². The Morgan fingerprint density at radius 2 is 1.00 bits per heavy atom. The molecule has 0 saturated carbocycles. The van der Waals surface area contributed by atoms with Crippen LogP contribution in [0.25, 0.3) is 64.7 Å². The van der Waals surface area contributed by atoms with Crippen LogP contribution < -0.4 is 4.90 Å². The molecule has 8 aromatic carbocycles. The molecule has 264 valence electrons. The third kappa shape index (κ3) is 5.68. The Labute approximate surface area is 327 Å². The molecule has 0 N–H and O–H groups in total. The van der Waals surface area contributed by atoms with Crippen molar-refractivity contribution in [3.8, 4) is 44.5 Å². The molecule has 0 saturated heterocycles. The Morgan fingerprint density at radius 3 is 1.76 bits per heavy atom. The van der Waals surface area contributed by atoms with Gasteiger partial charge in [-0.15, -0.1) is 11.3 Å². The monoisotopic (exact) mass is 723 g/mol. The second kappa shape index (κ2) is 13.0. The summed E-state index contributed by atoms with van der Waals surface area (Å²) in [4.78, 5) is 2.40. The summed E-state index contributed by atoms with van der Waals surface area (Å²) in [7, 11) is 0. The Balaban J connectivity index is 1.07. The predicted octanol–water partition coefficient (Wildman–Crippen LogP) is 15.4. The van der Waals surface area contributed by atoms with E-state index in [1.807, 2.05) is 11.3 Å². The van der Waals surface area contributed by atoms with Crippen LogP contribution in [0.15, 0.2) is 176 Å². The normalized spacial score (nSPS) is 12.9. The van der Waals surface area contributed by atoms with E-state index in [1.54, 1.807) is 0 Å². The van der Waals surface area contributed by atoms with Gasteiger partial charge in [0.15, 0.2) is 0 Å². The van der Waals surface area contributed by atoms with Crippen molar-refractivity contribution in [2.45, 2.75) is 33.1 Å². The minimum absolute atomic E-state index is 0.0296. The summed E-state index contributed by atoms with van der Waals surface area (Å²) in [6, 6.07) is 65.1. The van der Waals surface area contributed by atoms with E-state index in [4.69, 9.17) is 0 Å². The lowest BCUT2D eigenvalue weighted by Crippen LogP contribution is -2.15. The Morgan fingerprint density at radius 1 is 0.418 bits per heavy atom. The molecule has 0 fully saturated rings. The summed E-state index contributed by atoms with van der Waals surface area (Å²) >= 11 is 1.87. The average molecular weight is 724 g/mol. The van der Waals surface area contributed by atoms with Gasteiger partial charge in [0.05, 0.1) is 0 Å². The van der Waals surface area contributed by atoms with Gasteiger partial charge in [-0.3, -0.25) is 0 Å². The van der Waals surface area contributed by atoms with Crippen molar-refractivity contribution in [3.05, 3.63) is 198 Å². The molecule has 1 aliphatic rings. The number of anilines is 3. The van der Waals surface area contributed by atoms with Gasteiger partial charge in [-0.1, -0.05) is 141 Å². The van der Waals surface area contributed by atoms with Crippen LogP contribution in [0.2, 0.25) is 0 Å². The number of aryl methyl sites for hydroxylation is 2. The zero-order chi connectivity index (χ0) is 37.3. The van der Waals surface area contributed by atoms with Gasteiger partial charge in [-0.25, -0.2) is 0 Å². The van der Waals surface area contributed by atoms with E-state index in [0.29, 0.717) is 0 Å². The fourth-order valence-corrected chi connectivity index (χ4v) is 10.0. The maximum atomic E-state index is 2.42. The number of benzene rings is 8. The molecular weight excluding hydrogens is 683 g/mol. The van der Waals surface area contributed by atoms with Gasteiger partial charge >= 0.3 is 0 Å². The van der Waals surface area contributed by atoms with Crippen molar-refractivity contribution < 1.29 is 0 Å². The summed E-state index contributed by atoms with van der Waals surface area (Å²) in [5.74, 6) is 0. The highest BCUT2D eigenvalue weighted by Crippen LogP contribution is 2.51. The fourth-order valence-electron chi connectivity index (χ4n) is 8.87. The zero-order valence-electron chi connectivity index (χ0n) is 31.6. The van der Waals surface area contributed by atoms with Crippen LogP contribution in [0.3, 0.4) is 0 Å². The van der Waals surface area contributed by atoms with Crippen molar-refractivity contribution in [2.75, 3.05) is 4.90 Å². The van der Waals surface area contributed by atoms with Crippen LogP contribution in [-0.4, -0.2) is 0 Å². The van der Waals surface area contributed by atoms with Crippen LogP contribution in [-0.2, 0) is 5.41 Å². The standard InChI is InChI=1S/C53H41NS/c1-34-28-35(2)52-47-32-40(23-27-48(47)53(3,4)49(52)29-34)39-15-11-17-44(31-39)54(43-16-10-14-38(30-43)36-12-6-5-7-13-36)42-24-20-37(21-25-42)41-22-26-46-45-18-8-9-19-50(45)55-51(46)33-41/h5-33H,1-4H3. The molecule has 1 nitrogen and oxygen atoms in total. The minimum Gasteiger partial charge on any atom is -0.310 e. The van der Waals surface area contributed by atoms with Crippen molar-refractivity contribution >= 4 is 48.6 Å². The summed E-state index contributed by atoms with van der Waals surface area (Å²) in [6.07, 6.45) is 0. The summed E-state index contributed by atoms with van der Waals surface area (Å²) in [5, 5.41) is 2.66. The smallest absolute Gasteiger partial charge is 0.0467 e. The Hall–Kier alpha value is -6.22. The molecule has 1 heterocycles. The molecule has 1 aromatic heterocycles. The molecule has 9 aromatic rings. The quantitative estimate of drug-likeness (QED) is 0.165. The van der Waals surface area contributed by atoms with Gasteiger partial charge in [-0.05, 0) is 130 Å². The van der Waals surface area contributed by atoms with E-state index >= 15 is 0 Å². The molecule has 0 radical (unpaired) electrons. The first kappa shape index (κ1) is 33.4. The van der Waals surface area contributed by atoms with E-state index in [2.05, 4.69) is 209 Å². The van der Waals surface area contributed by atoms with Gasteiger partial charge in [0, 0.05) is 42.6 Å². The number of thiophene rings is 1. The predicted molar refractivity (Wildman–Crippen MR) is 237 cm³/mol. The van der Waals surface area contributed by atoms with Crippen molar-refractivity contribution in [2.24, 2.45) is 0 Å². The topological polar surface area (TPSA) is 3.24 Å². The minimum atomic E-state index is -0.0296. The number of hydrogen-bond acceptors (Lipinski definition) is 2. The highest BCUT2D eigenvalue weighted by atomic mass is 32.1. The maximum Gasteiger partial charge on any atom is 0.0467 e. The summed E-state index contributed by atoms with van der Waals surface area (Å²) < 4.78 is 2.65. The number of rotatable bonds is 6. The van der Waals surface area contributed by atoms with Gasteiger partial charge < -0.3 is 4.90 Å². The van der Waals surface area contributed by atoms with E-state index < -0.39 is 0 Å². The van der Waals surface area contributed by atoms with Crippen LogP contribution in [0.5, 0.6) is 0 Å². The molecule has 0 atom stereocenters. The lowest BCUT2D eigenvalue weighted by molar-refractivity contribution is 0.659. The van der Waals surface area contributed by atoms with Crippen molar-refractivity contribution in [1.29, 1.82) is 0 Å². The third-order valence-corrected chi connectivity index (χ3v) is 12.7. The van der Waals surface area contributed by atoms with Gasteiger partial charge in [0.25, 0.3) is 0 Å². The largest absolute Gasteiger partial charge is 0.310 e. The lowest BCUT2D eigenvalue weighted by Gasteiger charge is -2.27. The first-order chi connectivity index (χ1) is 26.8. The van der Waals surface area contributed by atoms with Crippen LogP contribution in [0.1, 0.15) is 36.1 Å². The zero-order valence-corrected chi connectivity index (χ0v) is 32.4. The third-order valence-electron chi connectivity index (χ3n) is 11.6. The van der Waals surface area contributed by atoms with E-state index in [1.165, 1.54) is 86.9 Å². The molecular formula is C53H41NS. The van der Waals surface area contributed by atoms with Crippen LogP contribution in [0, 0.1) is 13.8 Å². The van der Waals surface area contributed by atoms with E-state index in [9.17, 15) is 0 Å². The number of fused-ring (bicyclic) bond motifs is 6. The van der Waals surface area contributed by atoms with Gasteiger partial charge in [0.2, 0.25) is 0 Å².